The summed E-state index contributed by atoms with van der Waals surface area (Å²) in [5.41, 5.74) is 0. The molecule has 88 valence electrons. The summed E-state index contributed by atoms with van der Waals surface area (Å²) in [4.78, 5) is 4.88. The van der Waals surface area contributed by atoms with Crippen LogP contribution in [0.25, 0.3) is 0 Å². The molecule has 2 unspecified atom stereocenters. The molecule has 0 aromatic heterocycles. The highest BCUT2D eigenvalue weighted by Crippen LogP contribution is 2.21. The predicted molar refractivity (Wildman–Crippen MR) is 58.7 cm³/mol. The molecule has 0 radical (unpaired) electrons. The standard InChI is InChI=1S/C11H22N2O2/c14-9-11(15)8-12-4-2-6-13-5-1-3-10(13)7-12/h10-11,14-15H,1-9H2. The van der Waals surface area contributed by atoms with Crippen LogP contribution in [0.1, 0.15) is 19.3 Å². The van der Waals surface area contributed by atoms with E-state index >= 15 is 0 Å². The molecule has 0 aromatic carbocycles. The summed E-state index contributed by atoms with van der Waals surface area (Å²) in [6, 6.07) is 0.693. The first-order valence-electron chi connectivity index (χ1n) is 6.05. The first kappa shape index (κ1) is 11.3. The lowest BCUT2D eigenvalue weighted by atomic mass is 10.2. The molecule has 2 saturated heterocycles. The zero-order valence-electron chi connectivity index (χ0n) is 9.31. The molecule has 0 bridgehead atoms. The maximum atomic E-state index is 9.44. The molecule has 4 heteroatoms. The van der Waals surface area contributed by atoms with E-state index in [2.05, 4.69) is 9.80 Å². The van der Waals surface area contributed by atoms with Gasteiger partial charge in [0, 0.05) is 19.1 Å². The predicted octanol–water partition coefficient (Wildman–Crippen LogP) is -0.490. The van der Waals surface area contributed by atoms with Crippen LogP contribution in [0.3, 0.4) is 0 Å². The molecule has 4 nitrogen and oxygen atoms in total. The lowest BCUT2D eigenvalue weighted by Gasteiger charge is -2.26. The smallest absolute Gasteiger partial charge is 0.0897 e. The van der Waals surface area contributed by atoms with Crippen LogP contribution in [-0.4, -0.2) is 71.5 Å². The minimum atomic E-state index is -0.571. The Kier molecular flexibility index (Phi) is 3.97. The molecule has 2 rings (SSSR count). The Morgan fingerprint density at radius 3 is 2.80 bits per heavy atom. The van der Waals surface area contributed by atoms with Crippen LogP contribution in [0.15, 0.2) is 0 Å². The van der Waals surface area contributed by atoms with Crippen molar-refractivity contribution in [1.29, 1.82) is 0 Å². The summed E-state index contributed by atoms with van der Waals surface area (Å²) >= 11 is 0. The van der Waals surface area contributed by atoms with Gasteiger partial charge in [-0.3, -0.25) is 9.80 Å². The highest BCUT2D eigenvalue weighted by Gasteiger charge is 2.28. The normalized spacial score (nSPS) is 31.2. The van der Waals surface area contributed by atoms with Crippen molar-refractivity contribution >= 4 is 0 Å². The quantitative estimate of drug-likeness (QED) is 0.665. The van der Waals surface area contributed by atoms with Crippen LogP contribution in [0.5, 0.6) is 0 Å². The van der Waals surface area contributed by atoms with E-state index in [1.54, 1.807) is 0 Å². The molecule has 2 fully saturated rings. The Balaban J connectivity index is 1.85. The number of aliphatic hydroxyl groups is 2. The van der Waals surface area contributed by atoms with Gasteiger partial charge in [0.05, 0.1) is 12.7 Å². The third-order valence-electron chi connectivity index (χ3n) is 3.57. The fourth-order valence-corrected chi connectivity index (χ4v) is 2.80. The maximum Gasteiger partial charge on any atom is 0.0897 e. The summed E-state index contributed by atoms with van der Waals surface area (Å²) in [6.45, 7) is 5.09. The SMILES string of the molecule is OCC(O)CN1CCCN2CCCC2C1. The molecular formula is C11H22N2O2. The Hall–Kier alpha value is -0.160. The highest BCUT2D eigenvalue weighted by atomic mass is 16.3. The van der Waals surface area contributed by atoms with E-state index in [0.29, 0.717) is 12.6 Å². The van der Waals surface area contributed by atoms with E-state index in [0.717, 1.165) is 13.1 Å². The number of hydrogen-bond donors (Lipinski definition) is 2. The van der Waals surface area contributed by atoms with Gasteiger partial charge < -0.3 is 10.2 Å². The van der Waals surface area contributed by atoms with Crippen molar-refractivity contribution in [2.75, 3.05) is 39.3 Å². The van der Waals surface area contributed by atoms with Crippen molar-refractivity contribution in [3.05, 3.63) is 0 Å². The Morgan fingerprint density at radius 1 is 1.20 bits per heavy atom. The molecule has 2 aliphatic rings. The minimum Gasteiger partial charge on any atom is -0.394 e. The monoisotopic (exact) mass is 214 g/mol. The third kappa shape index (κ3) is 2.91. The summed E-state index contributed by atoms with van der Waals surface area (Å²) < 4.78 is 0. The lowest BCUT2D eigenvalue weighted by Crippen LogP contribution is -2.40. The second kappa shape index (κ2) is 5.25. The van der Waals surface area contributed by atoms with Gasteiger partial charge in [0.15, 0.2) is 0 Å². The molecule has 0 saturated carbocycles. The number of fused-ring (bicyclic) bond motifs is 1. The molecule has 2 aliphatic heterocycles. The zero-order chi connectivity index (χ0) is 10.7. The molecule has 2 N–H and O–H groups in total. The van der Waals surface area contributed by atoms with E-state index in [1.807, 2.05) is 0 Å². The number of β-amino-alcohol motifs (C(OH)–C–C–N with tert-alkyl or cyclic N) is 1. The van der Waals surface area contributed by atoms with Crippen LogP contribution in [0.4, 0.5) is 0 Å². The van der Waals surface area contributed by atoms with Crippen LogP contribution in [0.2, 0.25) is 0 Å². The maximum absolute atomic E-state index is 9.44. The largest absolute Gasteiger partial charge is 0.394 e. The average Bonchev–Trinajstić information content (AvgIpc) is 2.58. The summed E-state index contributed by atoms with van der Waals surface area (Å²) in [6.07, 6.45) is 3.24. The van der Waals surface area contributed by atoms with Gasteiger partial charge in [0.2, 0.25) is 0 Å². The molecule has 15 heavy (non-hydrogen) atoms. The summed E-state index contributed by atoms with van der Waals surface area (Å²) in [5, 5.41) is 18.3. The molecule has 2 atom stereocenters. The van der Waals surface area contributed by atoms with Gasteiger partial charge >= 0.3 is 0 Å². The van der Waals surface area contributed by atoms with Crippen LogP contribution in [-0.2, 0) is 0 Å². The molecular weight excluding hydrogens is 192 g/mol. The fraction of sp³-hybridized carbons (Fsp3) is 1.00. The van der Waals surface area contributed by atoms with E-state index < -0.39 is 6.10 Å². The highest BCUT2D eigenvalue weighted by molar-refractivity contribution is 4.85. The molecule has 0 aliphatic carbocycles. The number of nitrogens with zero attached hydrogens (tertiary/aromatic N) is 2. The van der Waals surface area contributed by atoms with Crippen molar-refractivity contribution in [2.24, 2.45) is 0 Å². The van der Waals surface area contributed by atoms with Crippen molar-refractivity contribution in [3.8, 4) is 0 Å². The second-order valence-electron chi connectivity index (χ2n) is 4.78. The first-order valence-corrected chi connectivity index (χ1v) is 6.05. The van der Waals surface area contributed by atoms with Crippen molar-refractivity contribution < 1.29 is 10.2 Å². The van der Waals surface area contributed by atoms with Crippen LogP contribution in [0, 0.1) is 0 Å². The average molecular weight is 214 g/mol. The van der Waals surface area contributed by atoms with Gasteiger partial charge in [-0.25, -0.2) is 0 Å². The van der Waals surface area contributed by atoms with Crippen molar-refractivity contribution in [1.82, 2.24) is 9.80 Å². The van der Waals surface area contributed by atoms with Crippen molar-refractivity contribution in [3.63, 3.8) is 0 Å². The minimum absolute atomic E-state index is 0.120. The van der Waals surface area contributed by atoms with Gasteiger partial charge in [-0.2, -0.15) is 0 Å². The lowest BCUT2D eigenvalue weighted by molar-refractivity contribution is 0.0571. The Labute approximate surface area is 91.5 Å². The topological polar surface area (TPSA) is 46.9 Å². The summed E-state index contributed by atoms with van der Waals surface area (Å²) in [7, 11) is 0. The van der Waals surface area contributed by atoms with E-state index in [1.165, 1.54) is 32.4 Å². The zero-order valence-corrected chi connectivity index (χ0v) is 9.31. The number of aliphatic hydroxyl groups excluding tert-OH is 2. The van der Waals surface area contributed by atoms with Crippen LogP contribution < -0.4 is 0 Å². The second-order valence-corrected chi connectivity index (χ2v) is 4.78. The summed E-state index contributed by atoms with van der Waals surface area (Å²) in [5.74, 6) is 0. The van der Waals surface area contributed by atoms with Gasteiger partial charge in [0.1, 0.15) is 0 Å². The number of rotatable bonds is 3. The van der Waals surface area contributed by atoms with Gasteiger partial charge in [-0.1, -0.05) is 0 Å². The van der Waals surface area contributed by atoms with Gasteiger partial charge in [-0.05, 0) is 38.9 Å². The van der Waals surface area contributed by atoms with Crippen LogP contribution >= 0.6 is 0 Å². The number of hydrogen-bond acceptors (Lipinski definition) is 4. The Morgan fingerprint density at radius 2 is 2.00 bits per heavy atom. The third-order valence-corrected chi connectivity index (χ3v) is 3.57. The van der Waals surface area contributed by atoms with Crippen molar-refractivity contribution in [2.45, 2.75) is 31.4 Å². The first-order chi connectivity index (χ1) is 7.29. The van der Waals surface area contributed by atoms with E-state index in [4.69, 9.17) is 5.11 Å². The molecule has 0 aromatic rings. The Bertz CT molecular complexity index is 201. The molecule has 2 heterocycles. The molecule has 0 spiro atoms. The van der Waals surface area contributed by atoms with Gasteiger partial charge in [-0.15, -0.1) is 0 Å². The van der Waals surface area contributed by atoms with E-state index in [-0.39, 0.29) is 6.61 Å². The van der Waals surface area contributed by atoms with Gasteiger partial charge in [0.25, 0.3) is 0 Å². The fourth-order valence-electron chi connectivity index (χ4n) is 2.80. The molecule has 0 amide bonds. The van der Waals surface area contributed by atoms with E-state index in [9.17, 15) is 5.11 Å².